The first-order valence-electron chi connectivity index (χ1n) is 7.67. The van der Waals surface area contributed by atoms with Crippen LogP contribution in [0.2, 0.25) is 0 Å². The molecule has 0 aliphatic heterocycles. The molecule has 2 rings (SSSR count). The number of benzene rings is 1. The maximum Gasteiger partial charge on any atom is 0.141 e. The Morgan fingerprint density at radius 3 is 2.58 bits per heavy atom. The average molecular weight is 349 g/mol. The molecule has 4 N–H and O–H groups in total. The summed E-state index contributed by atoms with van der Waals surface area (Å²) < 4.78 is 5.41. The first-order valence-corrected chi connectivity index (χ1v) is 8.55. The van der Waals surface area contributed by atoms with E-state index < -0.39 is 0 Å². The molecule has 1 aromatic carbocycles. The van der Waals surface area contributed by atoms with Gasteiger partial charge in [0.15, 0.2) is 0 Å². The number of amidine groups is 1. The summed E-state index contributed by atoms with van der Waals surface area (Å²) in [5.41, 5.74) is 7.71. The minimum Gasteiger partial charge on any atom is -0.496 e. The quantitative estimate of drug-likeness (QED) is 0.472. The number of hydrogen-bond donors (Lipinski definition) is 3. The van der Waals surface area contributed by atoms with E-state index in [9.17, 15) is 0 Å². The predicted molar refractivity (Wildman–Crippen MR) is 97.1 cm³/mol. The second-order valence-corrected chi connectivity index (χ2v) is 6.14. The van der Waals surface area contributed by atoms with Crippen LogP contribution in [0.3, 0.4) is 0 Å². The lowest BCUT2D eigenvalue weighted by atomic mass is 10.1. The largest absolute Gasteiger partial charge is 0.496 e. The van der Waals surface area contributed by atoms with Gasteiger partial charge in [0.05, 0.1) is 30.9 Å². The molecule has 0 aliphatic rings. The zero-order chi connectivity index (χ0) is 17.4. The van der Waals surface area contributed by atoms with Gasteiger partial charge in [0, 0.05) is 25.2 Å². The molecule has 0 spiro atoms. The molecule has 24 heavy (non-hydrogen) atoms. The van der Waals surface area contributed by atoms with Crippen LogP contribution in [0.4, 0.5) is 5.69 Å². The molecule has 130 valence electrons. The number of thiophene rings is 1. The van der Waals surface area contributed by atoms with Crippen LogP contribution in [0, 0.1) is 0 Å². The highest BCUT2D eigenvalue weighted by Gasteiger charge is 2.11. The van der Waals surface area contributed by atoms with Gasteiger partial charge in [0.2, 0.25) is 0 Å². The lowest BCUT2D eigenvalue weighted by Crippen LogP contribution is -2.29. The van der Waals surface area contributed by atoms with Crippen LogP contribution in [-0.4, -0.2) is 54.4 Å². The van der Waals surface area contributed by atoms with Crippen LogP contribution in [0.5, 0.6) is 5.75 Å². The summed E-state index contributed by atoms with van der Waals surface area (Å²) in [4.78, 5) is 7.35. The normalized spacial score (nSPS) is 11.9. The van der Waals surface area contributed by atoms with Crippen LogP contribution in [0.25, 0.3) is 0 Å². The standard InChI is InChI=1S/C17H23N3O3S/c1-23-15-5-4-14(19-17(18)16-3-2-10-24-16)11-13(15)12-20(6-8-21)7-9-22/h2-5,10-11,21-22H,6-9,12H2,1H3,(H2,18,19). The van der Waals surface area contributed by atoms with Gasteiger partial charge in [-0.3, -0.25) is 4.90 Å². The summed E-state index contributed by atoms with van der Waals surface area (Å²) in [5.74, 6) is 1.22. The molecule has 0 amide bonds. The molecule has 7 heteroatoms. The number of nitrogens with two attached hydrogens (primary N) is 1. The number of nitrogens with zero attached hydrogens (tertiary/aromatic N) is 2. The Morgan fingerprint density at radius 1 is 1.25 bits per heavy atom. The minimum absolute atomic E-state index is 0.0332. The summed E-state index contributed by atoms with van der Waals surface area (Å²) in [6, 6.07) is 9.49. The van der Waals surface area contributed by atoms with Crippen molar-refractivity contribution in [2.24, 2.45) is 10.7 Å². The van der Waals surface area contributed by atoms with Gasteiger partial charge in [-0.2, -0.15) is 0 Å². The van der Waals surface area contributed by atoms with Crippen molar-refractivity contribution in [3.05, 3.63) is 46.2 Å². The summed E-state index contributed by atoms with van der Waals surface area (Å²) >= 11 is 1.54. The van der Waals surface area contributed by atoms with Gasteiger partial charge in [0.1, 0.15) is 11.6 Å². The molecular formula is C17H23N3O3S. The van der Waals surface area contributed by atoms with Gasteiger partial charge in [-0.15, -0.1) is 11.3 Å². The number of rotatable bonds is 9. The van der Waals surface area contributed by atoms with E-state index in [1.54, 1.807) is 18.4 Å². The first kappa shape index (κ1) is 18.4. The van der Waals surface area contributed by atoms with E-state index in [2.05, 4.69) is 4.99 Å². The average Bonchev–Trinajstić information content (AvgIpc) is 3.10. The zero-order valence-electron chi connectivity index (χ0n) is 13.7. The van der Waals surface area contributed by atoms with Crippen molar-refractivity contribution < 1.29 is 14.9 Å². The Balaban J connectivity index is 2.25. The molecule has 0 atom stereocenters. The number of aliphatic hydroxyl groups is 2. The Hall–Kier alpha value is -1.93. The van der Waals surface area contributed by atoms with Gasteiger partial charge in [-0.1, -0.05) is 6.07 Å². The third-order valence-corrected chi connectivity index (χ3v) is 4.41. The van der Waals surface area contributed by atoms with Gasteiger partial charge in [-0.05, 0) is 29.6 Å². The van der Waals surface area contributed by atoms with E-state index in [1.807, 2.05) is 40.6 Å². The van der Waals surface area contributed by atoms with Crippen LogP contribution < -0.4 is 10.5 Å². The smallest absolute Gasteiger partial charge is 0.141 e. The summed E-state index contributed by atoms with van der Waals surface area (Å²) in [5, 5.41) is 20.3. The van der Waals surface area contributed by atoms with Crippen molar-refractivity contribution >= 4 is 22.9 Å². The van der Waals surface area contributed by atoms with E-state index in [0.717, 1.165) is 21.9 Å². The number of aliphatic imine (C=N–C) groups is 1. The second kappa shape index (κ2) is 9.39. The zero-order valence-corrected chi connectivity index (χ0v) is 14.5. The third kappa shape index (κ3) is 5.04. The Bertz CT molecular complexity index is 653. The van der Waals surface area contributed by atoms with Gasteiger partial charge in [-0.25, -0.2) is 4.99 Å². The second-order valence-electron chi connectivity index (χ2n) is 5.19. The summed E-state index contributed by atoms with van der Waals surface area (Å²) in [6.07, 6.45) is 0. The molecule has 0 saturated carbocycles. The molecular weight excluding hydrogens is 326 g/mol. The van der Waals surface area contributed by atoms with Crippen LogP contribution in [-0.2, 0) is 6.54 Å². The lowest BCUT2D eigenvalue weighted by molar-refractivity contribution is 0.155. The van der Waals surface area contributed by atoms with Crippen LogP contribution in [0.1, 0.15) is 10.4 Å². The molecule has 1 heterocycles. The van der Waals surface area contributed by atoms with E-state index >= 15 is 0 Å². The fourth-order valence-electron chi connectivity index (χ4n) is 2.37. The summed E-state index contributed by atoms with van der Waals surface area (Å²) in [6.45, 7) is 1.58. The van der Waals surface area contributed by atoms with Gasteiger partial charge >= 0.3 is 0 Å². The summed E-state index contributed by atoms with van der Waals surface area (Å²) in [7, 11) is 1.62. The third-order valence-electron chi connectivity index (χ3n) is 3.51. The predicted octanol–water partition coefficient (Wildman–Crippen LogP) is 1.58. The highest BCUT2D eigenvalue weighted by Crippen LogP contribution is 2.26. The van der Waals surface area contributed by atoms with Crippen molar-refractivity contribution in [1.82, 2.24) is 4.90 Å². The monoisotopic (exact) mass is 349 g/mol. The Labute approximate surface area is 145 Å². The van der Waals surface area contributed by atoms with Crippen LogP contribution >= 0.6 is 11.3 Å². The molecule has 1 aromatic heterocycles. The molecule has 0 radical (unpaired) electrons. The topological polar surface area (TPSA) is 91.3 Å². The maximum absolute atomic E-state index is 9.16. The van der Waals surface area contributed by atoms with E-state index in [4.69, 9.17) is 20.7 Å². The highest BCUT2D eigenvalue weighted by molar-refractivity contribution is 7.12. The molecule has 2 aromatic rings. The van der Waals surface area contributed by atoms with Crippen molar-refractivity contribution in [2.45, 2.75) is 6.54 Å². The fourth-order valence-corrected chi connectivity index (χ4v) is 3.00. The Morgan fingerprint density at radius 2 is 2.00 bits per heavy atom. The fraction of sp³-hybridized carbons (Fsp3) is 0.353. The molecule has 0 saturated heterocycles. The van der Waals surface area contributed by atoms with E-state index in [-0.39, 0.29) is 13.2 Å². The van der Waals surface area contributed by atoms with Crippen molar-refractivity contribution in [2.75, 3.05) is 33.4 Å². The number of aliphatic hydroxyl groups excluding tert-OH is 2. The molecule has 6 nitrogen and oxygen atoms in total. The van der Waals surface area contributed by atoms with Crippen molar-refractivity contribution in [3.8, 4) is 5.75 Å². The highest BCUT2D eigenvalue weighted by atomic mass is 32.1. The number of ether oxygens (including phenoxy) is 1. The van der Waals surface area contributed by atoms with Gasteiger partial charge in [0.25, 0.3) is 0 Å². The van der Waals surface area contributed by atoms with Crippen molar-refractivity contribution in [1.29, 1.82) is 0 Å². The first-order chi connectivity index (χ1) is 11.7. The van der Waals surface area contributed by atoms with Crippen LogP contribution in [0.15, 0.2) is 40.7 Å². The minimum atomic E-state index is 0.0332. The lowest BCUT2D eigenvalue weighted by Gasteiger charge is -2.21. The molecule has 0 fully saturated rings. The Kier molecular flexibility index (Phi) is 7.20. The maximum atomic E-state index is 9.16. The molecule has 0 bridgehead atoms. The van der Waals surface area contributed by atoms with Gasteiger partial charge < -0.3 is 20.7 Å². The number of methoxy groups -OCH3 is 1. The van der Waals surface area contributed by atoms with Crippen molar-refractivity contribution in [3.63, 3.8) is 0 Å². The number of hydrogen-bond acceptors (Lipinski definition) is 6. The SMILES string of the molecule is COc1ccc(N=C(N)c2cccs2)cc1CN(CCO)CCO. The van der Waals surface area contributed by atoms with E-state index in [1.165, 1.54) is 0 Å². The molecule has 0 unspecified atom stereocenters. The molecule has 0 aliphatic carbocycles. The van der Waals surface area contributed by atoms with E-state index in [0.29, 0.717) is 25.5 Å².